The highest BCUT2D eigenvalue weighted by molar-refractivity contribution is 6.33. The standard InChI is InChI=1S/C15H23ClN4O/c1-2-20-15(21)14(16)13(8-18-20)19(9-11-5-6-11)10-12-4-3-7-17-12/h8,11-12,17H,2-7,9-10H2,1H3. The van der Waals surface area contributed by atoms with Gasteiger partial charge in [0.15, 0.2) is 0 Å². The highest BCUT2D eigenvalue weighted by Gasteiger charge is 2.28. The fraction of sp³-hybridized carbons (Fsp3) is 0.733. The van der Waals surface area contributed by atoms with E-state index >= 15 is 0 Å². The maximum absolute atomic E-state index is 12.2. The Bertz CT molecular complexity index is 549. The molecule has 1 aromatic rings. The van der Waals surface area contributed by atoms with Gasteiger partial charge in [0.1, 0.15) is 5.02 Å². The molecular weight excluding hydrogens is 288 g/mol. The van der Waals surface area contributed by atoms with Crippen LogP contribution in [0.4, 0.5) is 5.69 Å². The van der Waals surface area contributed by atoms with Gasteiger partial charge in [-0.2, -0.15) is 5.10 Å². The van der Waals surface area contributed by atoms with Gasteiger partial charge in [0.05, 0.1) is 11.9 Å². The Hall–Kier alpha value is -1.07. The number of anilines is 1. The third-order valence-corrected chi connectivity index (χ3v) is 4.74. The van der Waals surface area contributed by atoms with Gasteiger partial charge in [-0.25, -0.2) is 4.68 Å². The van der Waals surface area contributed by atoms with Gasteiger partial charge >= 0.3 is 0 Å². The number of aromatic nitrogens is 2. The lowest BCUT2D eigenvalue weighted by Crippen LogP contribution is -2.40. The minimum atomic E-state index is -0.183. The Morgan fingerprint density at radius 1 is 1.43 bits per heavy atom. The van der Waals surface area contributed by atoms with Crippen molar-refractivity contribution in [2.24, 2.45) is 5.92 Å². The molecular formula is C15H23ClN4O. The molecule has 1 atom stereocenters. The van der Waals surface area contributed by atoms with Gasteiger partial charge in [0.2, 0.25) is 0 Å². The maximum atomic E-state index is 12.2. The maximum Gasteiger partial charge on any atom is 0.287 e. The molecule has 1 saturated heterocycles. The third kappa shape index (κ3) is 3.40. The van der Waals surface area contributed by atoms with Crippen LogP contribution in [-0.2, 0) is 6.54 Å². The van der Waals surface area contributed by atoms with Gasteiger partial charge < -0.3 is 10.2 Å². The van der Waals surface area contributed by atoms with E-state index in [1.165, 1.54) is 30.4 Å². The summed E-state index contributed by atoms with van der Waals surface area (Å²) in [5.74, 6) is 0.746. The smallest absolute Gasteiger partial charge is 0.287 e. The van der Waals surface area contributed by atoms with Crippen LogP contribution in [0.1, 0.15) is 32.6 Å². The van der Waals surface area contributed by atoms with E-state index in [4.69, 9.17) is 11.6 Å². The minimum Gasteiger partial charge on any atom is -0.367 e. The van der Waals surface area contributed by atoms with E-state index in [0.29, 0.717) is 17.6 Å². The predicted octanol–water partition coefficient (Wildman–Crippen LogP) is 1.88. The predicted molar refractivity (Wildman–Crippen MR) is 85.1 cm³/mol. The van der Waals surface area contributed by atoms with E-state index < -0.39 is 0 Å². The normalized spacial score (nSPS) is 21.7. The van der Waals surface area contributed by atoms with E-state index in [-0.39, 0.29) is 5.56 Å². The van der Waals surface area contributed by atoms with Crippen LogP contribution in [-0.4, -0.2) is 35.5 Å². The molecule has 0 amide bonds. The second-order valence-corrected chi connectivity index (χ2v) is 6.48. The fourth-order valence-corrected chi connectivity index (χ4v) is 3.23. The monoisotopic (exact) mass is 310 g/mol. The van der Waals surface area contributed by atoms with E-state index in [1.54, 1.807) is 6.20 Å². The molecule has 116 valence electrons. The molecule has 0 aromatic carbocycles. The van der Waals surface area contributed by atoms with E-state index in [2.05, 4.69) is 15.3 Å². The lowest BCUT2D eigenvalue weighted by Gasteiger charge is -2.28. The van der Waals surface area contributed by atoms with Crippen LogP contribution in [0, 0.1) is 5.92 Å². The van der Waals surface area contributed by atoms with Gasteiger partial charge in [-0.3, -0.25) is 4.79 Å². The van der Waals surface area contributed by atoms with Crippen molar-refractivity contribution in [3.63, 3.8) is 0 Å². The summed E-state index contributed by atoms with van der Waals surface area (Å²) in [6.45, 7) is 5.43. The average Bonchev–Trinajstić information content (AvgIpc) is 3.15. The number of nitrogens with one attached hydrogen (secondary N) is 1. The summed E-state index contributed by atoms with van der Waals surface area (Å²) in [7, 11) is 0. The van der Waals surface area contributed by atoms with E-state index in [0.717, 1.165) is 31.2 Å². The van der Waals surface area contributed by atoms with Crippen LogP contribution in [0.5, 0.6) is 0 Å². The third-order valence-electron chi connectivity index (χ3n) is 4.39. The van der Waals surface area contributed by atoms with Crippen molar-refractivity contribution in [1.29, 1.82) is 0 Å². The quantitative estimate of drug-likeness (QED) is 0.872. The summed E-state index contributed by atoms with van der Waals surface area (Å²) in [6, 6.07) is 0.494. The van der Waals surface area contributed by atoms with Crippen molar-refractivity contribution in [3.8, 4) is 0 Å². The first-order chi connectivity index (χ1) is 10.2. The van der Waals surface area contributed by atoms with Gasteiger partial charge in [-0.05, 0) is 45.1 Å². The Kier molecular flexibility index (Phi) is 4.50. The lowest BCUT2D eigenvalue weighted by molar-refractivity contribution is 0.564. The van der Waals surface area contributed by atoms with E-state index in [9.17, 15) is 4.79 Å². The number of rotatable bonds is 6. The summed E-state index contributed by atoms with van der Waals surface area (Å²) in [6.07, 6.45) is 6.74. The molecule has 6 heteroatoms. The molecule has 3 rings (SSSR count). The summed E-state index contributed by atoms with van der Waals surface area (Å²) >= 11 is 6.33. The van der Waals surface area contributed by atoms with Crippen molar-refractivity contribution < 1.29 is 0 Å². The van der Waals surface area contributed by atoms with Crippen molar-refractivity contribution in [1.82, 2.24) is 15.1 Å². The molecule has 1 unspecified atom stereocenters. The number of hydrogen-bond acceptors (Lipinski definition) is 4. The molecule has 1 N–H and O–H groups in total. The largest absolute Gasteiger partial charge is 0.367 e. The van der Waals surface area contributed by atoms with Crippen LogP contribution in [0.25, 0.3) is 0 Å². The van der Waals surface area contributed by atoms with Gasteiger partial charge in [0, 0.05) is 25.7 Å². The molecule has 2 fully saturated rings. The molecule has 2 heterocycles. The fourth-order valence-electron chi connectivity index (χ4n) is 2.96. The SMILES string of the molecule is CCn1ncc(N(CC2CC2)CC2CCCN2)c(Cl)c1=O. The molecule has 1 saturated carbocycles. The Balaban J connectivity index is 1.84. The lowest BCUT2D eigenvalue weighted by atomic mass is 10.2. The second-order valence-electron chi connectivity index (χ2n) is 6.11. The number of nitrogens with zero attached hydrogens (tertiary/aromatic N) is 3. The summed E-state index contributed by atoms with van der Waals surface area (Å²) in [5, 5.41) is 8.07. The number of halogens is 1. The van der Waals surface area contributed by atoms with Gasteiger partial charge in [-0.15, -0.1) is 0 Å². The van der Waals surface area contributed by atoms with Gasteiger partial charge in [-0.1, -0.05) is 11.6 Å². The molecule has 0 bridgehead atoms. The topological polar surface area (TPSA) is 50.2 Å². The molecule has 2 aliphatic rings. The minimum absolute atomic E-state index is 0.183. The van der Waals surface area contributed by atoms with Crippen LogP contribution in [0.2, 0.25) is 5.02 Å². The Morgan fingerprint density at radius 3 is 2.86 bits per heavy atom. The van der Waals surface area contributed by atoms with Crippen LogP contribution in [0.15, 0.2) is 11.0 Å². The first-order valence-corrected chi connectivity index (χ1v) is 8.30. The molecule has 0 spiro atoms. The summed E-state index contributed by atoms with van der Waals surface area (Å²) < 4.78 is 1.41. The average molecular weight is 311 g/mol. The number of hydrogen-bond donors (Lipinski definition) is 1. The highest BCUT2D eigenvalue weighted by Crippen LogP contribution is 2.33. The summed E-state index contributed by atoms with van der Waals surface area (Å²) in [4.78, 5) is 14.5. The highest BCUT2D eigenvalue weighted by atomic mass is 35.5. The van der Waals surface area contributed by atoms with Crippen LogP contribution >= 0.6 is 11.6 Å². The molecule has 1 aromatic heterocycles. The Morgan fingerprint density at radius 2 is 2.24 bits per heavy atom. The zero-order chi connectivity index (χ0) is 14.8. The Labute approximate surface area is 130 Å². The molecule has 5 nitrogen and oxygen atoms in total. The van der Waals surface area contributed by atoms with Crippen molar-refractivity contribution in [2.45, 2.75) is 45.2 Å². The zero-order valence-corrected chi connectivity index (χ0v) is 13.3. The van der Waals surface area contributed by atoms with Gasteiger partial charge in [0.25, 0.3) is 5.56 Å². The van der Waals surface area contributed by atoms with Crippen molar-refractivity contribution >= 4 is 17.3 Å². The summed E-state index contributed by atoms with van der Waals surface area (Å²) in [5.41, 5.74) is 0.615. The molecule has 1 aliphatic carbocycles. The van der Waals surface area contributed by atoms with E-state index in [1.807, 2.05) is 6.92 Å². The van der Waals surface area contributed by atoms with Crippen molar-refractivity contribution in [2.75, 3.05) is 24.5 Å². The second kappa shape index (κ2) is 6.36. The molecule has 1 aliphatic heterocycles. The number of aryl methyl sites for hydroxylation is 1. The zero-order valence-electron chi connectivity index (χ0n) is 12.5. The first-order valence-electron chi connectivity index (χ1n) is 7.93. The molecule has 21 heavy (non-hydrogen) atoms. The van der Waals surface area contributed by atoms with Crippen LogP contribution < -0.4 is 15.8 Å². The first kappa shape index (κ1) is 14.9. The molecule has 0 radical (unpaired) electrons. The van der Waals surface area contributed by atoms with Crippen LogP contribution in [0.3, 0.4) is 0 Å². The van der Waals surface area contributed by atoms with Crippen molar-refractivity contribution in [3.05, 3.63) is 21.6 Å².